The van der Waals surface area contributed by atoms with E-state index in [0.29, 0.717) is 17.4 Å². The third kappa shape index (κ3) is 6.50. The fourth-order valence-electron chi connectivity index (χ4n) is 2.77. The van der Waals surface area contributed by atoms with Crippen LogP contribution in [0.2, 0.25) is 0 Å². The molecule has 0 aliphatic carbocycles. The average molecular weight is 432 g/mol. The highest BCUT2D eigenvalue weighted by Gasteiger charge is 2.19. The van der Waals surface area contributed by atoms with E-state index in [1.165, 1.54) is 12.6 Å². The summed E-state index contributed by atoms with van der Waals surface area (Å²) in [6.45, 7) is 4.92. The zero-order chi connectivity index (χ0) is 21.4. The maximum atomic E-state index is 12.2. The number of benzene rings is 2. The fraction of sp³-hybridized carbons (Fsp3) is 0.333. The number of rotatable bonds is 6. The Hall–Kier alpha value is -2.00. The molecule has 2 aromatic rings. The standard InChI is InChI=1S/C21H29N5OS2/c1-15-9-8-12-19(26(23)21(27)25(3)22)18(15)14-29-20(28-4)24-13-16(2)17-10-6-5-7-11-17/h5-12,16H,13-14,22-23H2,1-4H3. The van der Waals surface area contributed by atoms with Crippen LogP contribution in [0.15, 0.2) is 53.5 Å². The zero-order valence-corrected chi connectivity index (χ0v) is 19.0. The molecule has 0 fully saturated rings. The molecule has 156 valence electrons. The number of carbonyl (C=O) groups is 1. The molecule has 0 aliphatic heterocycles. The fourth-order valence-corrected chi connectivity index (χ4v) is 4.44. The number of carbonyl (C=O) groups excluding carboxylic acids is 1. The number of nitrogens with two attached hydrogens (primary N) is 2. The molecule has 0 aromatic heterocycles. The topological polar surface area (TPSA) is 88.0 Å². The Kier molecular flexibility index (Phi) is 9.03. The van der Waals surface area contributed by atoms with Crippen molar-refractivity contribution in [2.75, 3.05) is 24.9 Å². The lowest BCUT2D eigenvalue weighted by Crippen LogP contribution is -2.49. The molecular weight excluding hydrogens is 402 g/mol. The van der Waals surface area contributed by atoms with Crippen molar-refractivity contribution in [3.63, 3.8) is 0 Å². The second-order valence-electron chi connectivity index (χ2n) is 6.75. The first-order chi connectivity index (χ1) is 13.8. The number of nitrogens with zero attached hydrogens (tertiary/aromatic N) is 3. The summed E-state index contributed by atoms with van der Waals surface area (Å²) in [6.07, 6.45) is 2.03. The summed E-state index contributed by atoms with van der Waals surface area (Å²) < 4.78 is 1.01. The molecule has 0 saturated heterocycles. The normalized spacial score (nSPS) is 12.6. The predicted octanol–water partition coefficient (Wildman–Crippen LogP) is 4.36. The van der Waals surface area contributed by atoms with Crippen molar-refractivity contribution in [2.24, 2.45) is 16.7 Å². The van der Waals surface area contributed by atoms with Crippen LogP contribution in [0.1, 0.15) is 29.5 Å². The quantitative estimate of drug-likeness (QED) is 0.233. The molecule has 1 atom stereocenters. The van der Waals surface area contributed by atoms with Gasteiger partial charge in [0.1, 0.15) is 4.38 Å². The van der Waals surface area contributed by atoms with E-state index in [-0.39, 0.29) is 0 Å². The Morgan fingerprint density at radius 3 is 2.45 bits per heavy atom. The van der Waals surface area contributed by atoms with E-state index >= 15 is 0 Å². The summed E-state index contributed by atoms with van der Waals surface area (Å²) in [6, 6.07) is 15.6. The summed E-state index contributed by atoms with van der Waals surface area (Å²) in [4.78, 5) is 17.0. The second kappa shape index (κ2) is 11.3. The molecule has 29 heavy (non-hydrogen) atoms. The predicted molar refractivity (Wildman–Crippen MR) is 127 cm³/mol. The number of amides is 2. The molecule has 6 nitrogen and oxygen atoms in total. The Morgan fingerprint density at radius 2 is 1.83 bits per heavy atom. The van der Waals surface area contributed by atoms with E-state index in [9.17, 15) is 4.79 Å². The van der Waals surface area contributed by atoms with Gasteiger partial charge in [-0.2, -0.15) is 0 Å². The molecule has 4 N–H and O–H groups in total. The van der Waals surface area contributed by atoms with Crippen molar-refractivity contribution < 1.29 is 4.79 Å². The highest BCUT2D eigenvalue weighted by atomic mass is 32.2. The Balaban J connectivity index is 2.11. The summed E-state index contributed by atoms with van der Waals surface area (Å²) in [7, 11) is 1.47. The largest absolute Gasteiger partial charge is 0.352 e. The van der Waals surface area contributed by atoms with Gasteiger partial charge in [0, 0.05) is 25.3 Å². The van der Waals surface area contributed by atoms with Crippen LogP contribution in [0, 0.1) is 6.92 Å². The number of hydrogen-bond donors (Lipinski definition) is 2. The number of thioether (sulfide) groups is 2. The molecule has 0 aliphatic rings. The van der Waals surface area contributed by atoms with Gasteiger partial charge in [-0.25, -0.2) is 21.5 Å². The second-order valence-corrected chi connectivity index (χ2v) is 8.76. The highest BCUT2D eigenvalue weighted by Crippen LogP contribution is 2.29. The molecule has 2 amide bonds. The first-order valence-corrected chi connectivity index (χ1v) is 11.5. The summed E-state index contributed by atoms with van der Waals surface area (Å²) in [5.41, 5.74) is 3.99. The van der Waals surface area contributed by atoms with Crippen LogP contribution in [0.5, 0.6) is 0 Å². The first kappa shape index (κ1) is 23.3. The molecule has 0 bridgehead atoms. The molecular formula is C21H29N5OS2. The van der Waals surface area contributed by atoms with Gasteiger partial charge in [-0.05, 0) is 35.9 Å². The van der Waals surface area contributed by atoms with Crippen molar-refractivity contribution in [1.29, 1.82) is 0 Å². The van der Waals surface area contributed by atoms with Crippen molar-refractivity contribution >= 4 is 39.6 Å². The Bertz CT molecular complexity index is 842. The molecule has 8 heteroatoms. The maximum Gasteiger partial charge on any atom is 0.352 e. The molecule has 0 heterocycles. The number of urea groups is 1. The van der Waals surface area contributed by atoms with Gasteiger partial charge in [0.15, 0.2) is 0 Å². The number of aliphatic imine (C=N–C) groups is 1. The third-order valence-corrected chi connectivity index (χ3v) is 6.67. The van der Waals surface area contributed by atoms with Gasteiger partial charge in [0.25, 0.3) is 0 Å². The van der Waals surface area contributed by atoms with E-state index in [4.69, 9.17) is 16.7 Å². The van der Waals surface area contributed by atoms with Gasteiger partial charge in [0.05, 0.1) is 5.69 Å². The van der Waals surface area contributed by atoms with Crippen molar-refractivity contribution in [1.82, 2.24) is 5.01 Å². The average Bonchev–Trinajstić information content (AvgIpc) is 2.73. The van der Waals surface area contributed by atoms with Gasteiger partial charge >= 0.3 is 6.03 Å². The summed E-state index contributed by atoms with van der Waals surface area (Å²) in [5, 5.41) is 2.06. The number of hydrogen-bond acceptors (Lipinski definition) is 6. The molecule has 0 spiro atoms. The lowest BCUT2D eigenvalue weighted by atomic mass is 10.0. The lowest BCUT2D eigenvalue weighted by Gasteiger charge is -2.24. The van der Waals surface area contributed by atoms with Crippen LogP contribution in [-0.4, -0.2) is 35.3 Å². The number of aryl methyl sites for hydroxylation is 1. The monoisotopic (exact) mass is 431 g/mol. The lowest BCUT2D eigenvalue weighted by molar-refractivity contribution is 0.216. The van der Waals surface area contributed by atoms with E-state index < -0.39 is 6.03 Å². The van der Waals surface area contributed by atoms with Crippen molar-refractivity contribution in [2.45, 2.75) is 25.5 Å². The van der Waals surface area contributed by atoms with Crippen molar-refractivity contribution in [3.8, 4) is 0 Å². The van der Waals surface area contributed by atoms with Crippen LogP contribution < -0.4 is 16.7 Å². The van der Waals surface area contributed by atoms with Gasteiger partial charge in [-0.15, -0.1) is 11.8 Å². The van der Waals surface area contributed by atoms with E-state index in [1.807, 2.05) is 37.4 Å². The SMILES string of the molecule is CSC(=NCC(C)c1ccccc1)SCc1c(C)cccc1N(N)C(=O)N(C)N. The minimum Gasteiger partial charge on any atom is -0.271 e. The van der Waals surface area contributed by atoms with E-state index in [2.05, 4.69) is 31.2 Å². The van der Waals surface area contributed by atoms with Crippen LogP contribution in [0.3, 0.4) is 0 Å². The van der Waals surface area contributed by atoms with Crippen molar-refractivity contribution in [3.05, 3.63) is 65.2 Å². The van der Waals surface area contributed by atoms with Gasteiger partial charge in [-0.1, -0.05) is 61.2 Å². The summed E-state index contributed by atoms with van der Waals surface area (Å²) in [5.74, 6) is 12.6. The highest BCUT2D eigenvalue weighted by molar-refractivity contribution is 8.38. The van der Waals surface area contributed by atoms with Crippen LogP contribution in [0.4, 0.5) is 10.5 Å². The van der Waals surface area contributed by atoms with E-state index in [1.54, 1.807) is 23.5 Å². The molecule has 2 aromatic carbocycles. The Labute approximate surface area is 181 Å². The minimum absolute atomic E-state index is 0.352. The van der Waals surface area contributed by atoms with Crippen LogP contribution in [-0.2, 0) is 5.75 Å². The third-order valence-electron chi connectivity index (χ3n) is 4.53. The minimum atomic E-state index is -0.475. The number of anilines is 1. The smallest absolute Gasteiger partial charge is 0.271 e. The van der Waals surface area contributed by atoms with Gasteiger partial charge in [-0.3, -0.25) is 10.0 Å². The Morgan fingerprint density at radius 1 is 1.14 bits per heavy atom. The molecule has 2 rings (SSSR count). The van der Waals surface area contributed by atoms with Gasteiger partial charge < -0.3 is 0 Å². The van der Waals surface area contributed by atoms with E-state index in [0.717, 1.165) is 32.1 Å². The van der Waals surface area contributed by atoms with Crippen LogP contribution in [0.25, 0.3) is 0 Å². The van der Waals surface area contributed by atoms with Gasteiger partial charge in [0.2, 0.25) is 0 Å². The summed E-state index contributed by atoms with van der Waals surface area (Å²) >= 11 is 3.28. The molecule has 0 radical (unpaired) electrons. The molecule has 1 unspecified atom stereocenters. The van der Waals surface area contributed by atoms with Crippen LogP contribution >= 0.6 is 23.5 Å². The zero-order valence-electron chi connectivity index (χ0n) is 17.3. The number of hydrazine groups is 2. The maximum absolute atomic E-state index is 12.2. The first-order valence-electron chi connectivity index (χ1n) is 9.27. The molecule has 0 saturated carbocycles.